The van der Waals surface area contributed by atoms with E-state index < -0.39 is 0 Å². The number of anilines is 1. The third-order valence-corrected chi connectivity index (χ3v) is 2.83. The summed E-state index contributed by atoms with van der Waals surface area (Å²) in [4.78, 5) is 0. The summed E-state index contributed by atoms with van der Waals surface area (Å²) in [6.07, 6.45) is 4.61. The van der Waals surface area contributed by atoms with Crippen molar-refractivity contribution in [3.05, 3.63) is 29.6 Å². The Morgan fingerprint density at radius 1 is 1.50 bits per heavy atom. The molecule has 1 N–H and O–H groups in total. The molecule has 0 fully saturated rings. The average molecular weight is 193 g/mol. The number of halogens is 1. The maximum atomic E-state index is 13.0. The Morgan fingerprint density at radius 3 is 3.14 bits per heavy atom. The van der Waals surface area contributed by atoms with E-state index in [0.29, 0.717) is 6.04 Å². The topological polar surface area (TPSA) is 12.0 Å². The molecule has 0 amide bonds. The molecule has 0 spiro atoms. The predicted octanol–water partition coefficient (Wildman–Crippen LogP) is 3.35. The Balaban J connectivity index is 2.16. The number of aryl methyl sites for hydroxylation is 1. The molecule has 76 valence electrons. The maximum absolute atomic E-state index is 13.0. The largest absolute Gasteiger partial charge is 0.382 e. The highest BCUT2D eigenvalue weighted by Crippen LogP contribution is 2.26. The van der Waals surface area contributed by atoms with Crippen molar-refractivity contribution in [3.8, 4) is 0 Å². The highest BCUT2D eigenvalue weighted by molar-refractivity contribution is 5.54. The minimum absolute atomic E-state index is 0.145. The van der Waals surface area contributed by atoms with Gasteiger partial charge < -0.3 is 5.32 Å². The Kier molecular flexibility index (Phi) is 2.71. The van der Waals surface area contributed by atoms with Gasteiger partial charge in [-0.1, -0.05) is 19.4 Å². The first kappa shape index (κ1) is 9.50. The standard InChI is InChI=1S/C12H16FN/c1-2-3-11-7-5-9-4-6-10(13)8-12(9)14-11/h4,6,8,11,14H,2-3,5,7H2,1H3. The third-order valence-electron chi connectivity index (χ3n) is 2.83. The van der Waals surface area contributed by atoms with Crippen molar-refractivity contribution in [2.24, 2.45) is 0 Å². The molecule has 0 bridgehead atoms. The number of benzene rings is 1. The maximum Gasteiger partial charge on any atom is 0.125 e. The van der Waals surface area contributed by atoms with Gasteiger partial charge in [-0.25, -0.2) is 4.39 Å². The van der Waals surface area contributed by atoms with Crippen molar-refractivity contribution in [1.29, 1.82) is 0 Å². The second-order valence-electron chi connectivity index (χ2n) is 3.97. The fourth-order valence-electron chi connectivity index (χ4n) is 2.09. The zero-order valence-electron chi connectivity index (χ0n) is 8.52. The number of hydrogen-bond acceptors (Lipinski definition) is 1. The summed E-state index contributed by atoms with van der Waals surface area (Å²) < 4.78 is 13.0. The molecule has 0 saturated carbocycles. The molecule has 1 aliphatic heterocycles. The van der Waals surface area contributed by atoms with Crippen LogP contribution in [-0.2, 0) is 6.42 Å². The van der Waals surface area contributed by atoms with Gasteiger partial charge >= 0.3 is 0 Å². The van der Waals surface area contributed by atoms with E-state index in [2.05, 4.69) is 12.2 Å². The second kappa shape index (κ2) is 3.99. The van der Waals surface area contributed by atoms with E-state index >= 15 is 0 Å². The minimum Gasteiger partial charge on any atom is -0.382 e. The zero-order chi connectivity index (χ0) is 9.97. The summed E-state index contributed by atoms with van der Waals surface area (Å²) in [6, 6.07) is 5.58. The lowest BCUT2D eigenvalue weighted by Crippen LogP contribution is -2.25. The van der Waals surface area contributed by atoms with E-state index in [4.69, 9.17) is 0 Å². The van der Waals surface area contributed by atoms with Crippen LogP contribution in [0, 0.1) is 5.82 Å². The Bertz CT molecular complexity index is 322. The molecule has 0 radical (unpaired) electrons. The summed E-state index contributed by atoms with van der Waals surface area (Å²) in [5.74, 6) is -0.145. The van der Waals surface area contributed by atoms with Crippen LogP contribution in [0.5, 0.6) is 0 Å². The fourth-order valence-corrected chi connectivity index (χ4v) is 2.09. The highest BCUT2D eigenvalue weighted by Gasteiger charge is 2.16. The predicted molar refractivity (Wildman–Crippen MR) is 57.0 cm³/mol. The lowest BCUT2D eigenvalue weighted by molar-refractivity contribution is 0.574. The van der Waals surface area contributed by atoms with Gasteiger partial charge in [0, 0.05) is 11.7 Å². The molecule has 2 heteroatoms. The molecule has 14 heavy (non-hydrogen) atoms. The summed E-state index contributed by atoms with van der Waals surface area (Å²) in [5, 5.41) is 3.40. The second-order valence-corrected chi connectivity index (χ2v) is 3.97. The SMILES string of the molecule is CCCC1CCc2ccc(F)cc2N1. The van der Waals surface area contributed by atoms with E-state index in [1.54, 1.807) is 12.1 Å². The van der Waals surface area contributed by atoms with E-state index in [1.807, 2.05) is 6.07 Å². The van der Waals surface area contributed by atoms with Crippen LogP contribution in [0.25, 0.3) is 0 Å². The quantitative estimate of drug-likeness (QED) is 0.759. The number of hydrogen-bond donors (Lipinski definition) is 1. The van der Waals surface area contributed by atoms with E-state index in [9.17, 15) is 4.39 Å². The molecule has 1 aromatic carbocycles. The summed E-state index contributed by atoms with van der Waals surface area (Å²) in [5.41, 5.74) is 2.24. The van der Waals surface area contributed by atoms with Crippen molar-refractivity contribution in [2.45, 2.75) is 38.6 Å². The first-order valence-electron chi connectivity index (χ1n) is 5.34. The molecule has 1 atom stereocenters. The van der Waals surface area contributed by atoms with Gasteiger partial charge in [0.25, 0.3) is 0 Å². The molecule has 1 heterocycles. The van der Waals surface area contributed by atoms with Crippen molar-refractivity contribution < 1.29 is 4.39 Å². The molecule has 0 aliphatic carbocycles. The molecular weight excluding hydrogens is 177 g/mol. The highest BCUT2D eigenvalue weighted by atomic mass is 19.1. The van der Waals surface area contributed by atoms with Gasteiger partial charge in [0.1, 0.15) is 5.82 Å². The molecule has 0 saturated heterocycles. The van der Waals surface area contributed by atoms with Gasteiger partial charge in [0.15, 0.2) is 0 Å². The molecule has 1 aromatic rings. The van der Waals surface area contributed by atoms with Gasteiger partial charge in [-0.3, -0.25) is 0 Å². The van der Waals surface area contributed by atoms with Crippen molar-refractivity contribution in [3.63, 3.8) is 0 Å². The van der Waals surface area contributed by atoms with Crippen molar-refractivity contribution in [2.75, 3.05) is 5.32 Å². The molecule has 0 aromatic heterocycles. The van der Waals surface area contributed by atoms with Crippen LogP contribution in [-0.4, -0.2) is 6.04 Å². The van der Waals surface area contributed by atoms with Gasteiger partial charge in [0.05, 0.1) is 0 Å². The summed E-state index contributed by atoms with van der Waals surface area (Å²) in [6.45, 7) is 2.18. The molecular formula is C12H16FN. The first-order chi connectivity index (χ1) is 6.79. The molecule has 1 unspecified atom stereocenters. The Hall–Kier alpha value is -1.05. The smallest absolute Gasteiger partial charge is 0.125 e. The van der Waals surface area contributed by atoms with E-state index in [-0.39, 0.29) is 5.82 Å². The first-order valence-corrected chi connectivity index (χ1v) is 5.34. The Labute approximate surface area is 84.3 Å². The normalized spacial score (nSPS) is 20.0. The lowest BCUT2D eigenvalue weighted by Gasteiger charge is -2.26. The van der Waals surface area contributed by atoms with Crippen LogP contribution < -0.4 is 5.32 Å². The van der Waals surface area contributed by atoms with Gasteiger partial charge in [0.2, 0.25) is 0 Å². The van der Waals surface area contributed by atoms with Gasteiger partial charge in [-0.2, -0.15) is 0 Å². The van der Waals surface area contributed by atoms with Crippen LogP contribution >= 0.6 is 0 Å². The van der Waals surface area contributed by atoms with Crippen LogP contribution in [0.3, 0.4) is 0 Å². The van der Waals surface area contributed by atoms with Crippen molar-refractivity contribution in [1.82, 2.24) is 0 Å². The Morgan fingerprint density at radius 2 is 2.36 bits per heavy atom. The van der Waals surface area contributed by atoms with Crippen LogP contribution in [0.2, 0.25) is 0 Å². The van der Waals surface area contributed by atoms with E-state index in [1.165, 1.54) is 24.8 Å². The molecule has 2 rings (SSSR count). The van der Waals surface area contributed by atoms with Gasteiger partial charge in [-0.15, -0.1) is 0 Å². The third kappa shape index (κ3) is 1.89. The van der Waals surface area contributed by atoms with Crippen LogP contribution in [0.15, 0.2) is 18.2 Å². The van der Waals surface area contributed by atoms with Crippen LogP contribution in [0.4, 0.5) is 10.1 Å². The molecule has 1 aliphatic rings. The fraction of sp³-hybridized carbons (Fsp3) is 0.500. The minimum atomic E-state index is -0.145. The molecule has 1 nitrogen and oxygen atoms in total. The monoisotopic (exact) mass is 193 g/mol. The van der Waals surface area contributed by atoms with E-state index in [0.717, 1.165) is 12.1 Å². The summed E-state index contributed by atoms with van der Waals surface area (Å²) in [7, 11) is 0. The zero-order valence-corrected chi connectivity index (χ0v) is 8.52. The summed E-state index contributed by atoms with van der Waals surface area (Å²) >= 11 is 0. The average Bonchev–Trinajstić information content (AvgIpc) is 2.17. The number of fused-ring (bicyclic) bond motifs is 1. The lowest BCUT2D eigenvalue weighted by atomic mass is 9.95. The van der Waals surface area contributed by atoms with Crippen LogP contribution in [0.1, 0.15) is 31.7 Å². The number of rotatable bonds is 2. The van der Waals surface area contributed by atoms with Gasteiger partial charge in [-0.05, 0) is 37.0 Å². The van der Waals surface area contributed by atoms with Crippen molar-refractivity contribution >= 4 is 5.69 Å². The number of nitrogens with one attached hydrogen (secondary N) is 1.